The summed E-state index contributed by atoms with van der Waals surface area (Å²) in [5.74, 6) is 0. The van der Waals surface area contributed by atoms with Gasteiger partial charge in [0.05, 0.1) is 0 Å². The maximum absolute atomic E-state index is 7.60. The molecule has 0 bridgehead atoms. The van der Waals surface area contributed by atoms with Gasteiger partial charge in [-0.3, -0.25) is 9.80 Å². The van der Waals surface area contributed by atoms with E-state index in [4.69, 9.17) is 11.6 Å². The summed E-state index contributed by atoms with van der Waals surface area (Å²) in [4.78, 5) is 5.17. The Morgan fingerprint density at radius 2 is 1.30 bits per heavy atom. The highest BCUT2D eigenvalue weighted by molar-refractivity contribution is 9.10. The van der Waals surface area contributed by atoms with Crippen molar-refractivity contribution in [2.75, 3.05) is 0 Å². The van der Waals surface area contributed by atoms with Crippen LogP contribution in [0.2, 0.25) is 0 Å². The Morgan fingerprint density at radius 1 is 0.867 bits per heavy atom. The number of hydrogen-bond donors (Lipinski definition) is 0. The minimum atomic E-state index is -0.508. The molecule has 0 aromatic heterocycles. The zero-order valence-electron chi connectivity index (χ0n) is 17.4. The number of hydrogen-bond acceptors (Lipinski definition) is 2. The first-order chi connectivity index (χ1) is 14.5. The van der Waals surface area contributed by atoms with E-state index in [1.54, 1.807) is 0 Å². The molecule has 0 N–H and O–H groups in total. The second-order valence-corrected chi connectivity index (χ2v) is 10.9. The van der Waals surface area contributed by atoms with Crippen LogP contribution < -0.4 is 0 Å². The molecule has 2 fully saturated rings. The first kappa shape index (κ1) is 22.5. The Hall–Kier alpha value is -0.650. The molecule has 1 aliphatic carbocycles. The Kier molecular flexibility index (Phi) is 7.42. The number of fused-ring (bicyclic) bond motifs is 1. The van der Waals surface area contributed by atoms with Gasteiger partial charge in [0.1, 0.15) is 0 Å². The molecule has 30 heavy (non-hydrogen) atoms. The molecule has 0 spiro atoms. The van der Waals surface area contributed by atoms with Crippen LogP contribution in [0.5, 0.6) is 0 Å². The molecule has 2 aromatic rings. The lowest BCUT2D eigenvalue weighted by atomic mass is 9.90. The molecule has 2 nitrogen and oxygen atoms in total. The summed E-state index contributed by atoms with van der Waals surface area (Å²) in [6.45, 7) is 3.85. The highest BCUT2D eigenvalue weighted by atomic mass is 79.9. The molecule has 1 heterocycles. The van der Waals surface area contributed by atoms with Gasteiger partial charge in [-0.05, 0) is 55.2 Å². The Bertz CT molecular complexity index is 802. The van der Waals surface area contributed by atoms with E-state index in [1.807, 2.05) is 0 Å². The quantitative estimate of drug-likeness (QED) is 0.206. The molecule has 160 valence electrons. The van der Waals surface area contributed by atoms with Gasteiger partial charge in [0.15, 0.2) is 5.12 Å². The monoisotopic (exact) mass is 550 g/mol. The molecule has 2 aliphatic rings. The van der Waals surface area contributed by atoms with Crippen molar-refractivity contribution in [2.45, 2.75) is 69.3 Å². The molecule has 5 heteroatoms. The van der Waals surface area contributed by atoms with Crippen LogP contribution in [0.4, 0.5) is 0 Å². The fourth-order valence-corrected chi connectivity index (χ4v) is 6.03. The molecule has 1 saturated carbocycles. The van der Waals surface area contributed by atoms with E-state index >= 15 is 0 Å². The minimum Gasteiger partial charge on any atom is -0.263 e. The molecule has 2 atom stereocenters. The second-order valence-electron chi connectivity index (χ2n) is 8.42. The molecule has 0 radical (unpaired) electrons. The molecule has 4 rings (SSSR count). The third kappa shape index (κ3) is 4.73. The van der Waals surface area contributed by atoms with Crippen molar-refractivity contribution in [1.82, 2.24) is 9.80 Å². The average molecular weight is 553 g/mol. The van der Waals surface area contributed by atoms with Crippen LogP contribution in [0.25, 0.3) is 0 Å². The van der Waals surface area contributed by atoms with Crippen molar-refractivity contribution in [2.24, 2.45) is 0 Å². The van der Waals surface area contributed by atoms with Crippen LogP contribution in [0.15, 0.2) is 69.6 Å². The molecular formula is C25H29Br2ClN2. The van der Waals surface area contributed by atoms with Gasteiger partial charge in [0.2, 0.25) is 0 Å². The van der Waals surface area contributed by atoms with E-state index in [-0.39, 0.29) is 0 Å². The van der Waals surface area contributed by atoms with Gasteiger partial charge in [-0.15, -0.1) is 0 Å². The van der Waals surface area contributed by atoms with Crippen LogP contribution in [-0.2, 0) is 13.1 Å². The number of allylic oxidation sites excluding steroid dienone is 1. The van der Waals surface area contributed by atoms with Gasteiger partial charge in [0.25, 0.3) is 0 Å². The number of halogens is 3. The first-order valence-corrected chi connectivity index (χ1v) is 12.8. The Labute approximate surface area is 202 Å². The SMILES string of the molecule is C/C=C/CC1(Cl)N(Cc2ccc(Br)cc2)[C@@H]2CCCC[C@H]2N1Cc1ccc(Br)cc1. The fourth-order valence-electron chi connectivity index (χ4n) is 5.04. The van der Waals surface area contributed by atoms with Crippen molar-refractivity contribution in [3.05, 3.63) is 80.8 Å². The van der Waals surface area contributed by atoms with Crippen molar-refractivity contribution in [1.29, 1.82) is 0 Å². The normalized spacial score (nSPS) is 24.4. The zero-order chi connectivity index (χ0) is 21.1. The van der Waals surface area contributed by atoms with Crippen molar-refractivity contribution >= 4 is 43.5 Å². The summed E-state index contributed by atoms with van der Waals surface area (Å²) in [5.41, 5.74) is 2.64. The molecule has 1 saturated heterocycles. The van der Waals surface area contributed by atoms with Crippen LogP contribution in [0, 0.1) is 0 Å². The van der Waals surface area contributed by atoms with E-state index in [9.17, 15) is 0 Å². The van der Waals surface area contributed by atoms with Crippen LogP contribution >= 0.6 is 43.5 Å². The highest BCUT2D eigenvalue weighted by Gasteiger charge is 2.55. The largest absolute Gasteiger partial charge is 0.263 e. The summed E-state index contributed by atoms with van der Waals surface area (Å²) in [6.07, 6.45) is 10.2. The smallest absolute Gasteiger partial charge is 0.156 e. The highest BCUT2D eigenvalue weighted by Crippen LogP contribution is 2.48. The molecule has 0 unspecified atom stereocenters. The zero-order valence-corrected chi connectivity index (χ0v) is 21.3. The van der Waals surface area contributed by atoms with E-state index in [2.05, 4.69) is 109 Å². The van der Waals surface area contributed by atoms with Gasteiger partial charge >= 0.3 is 0 Å². The summed E-state index contributed by atoms with van der Waals surface area (Å²) < 4.78 is 2.23. The standard InChI is InChI=1S/C25H29Br2ClN2/c1-2-3-16-25(28)29(17-19-8-12-21(26)13-9-19)23-6-4-5-7-24(23)30(25)18-20-10-14-22(27)15-11-20/h2-3,8-15,23-24H,4-7,16-18H2,1H3/b3-2+/t23-,24-/m1/s1. The van der Waals surface area contributed by atoms with E-state index in [0.717, 1.165) is 28.5 Å². The van der Waals surface area contributed by atoms with Crippen molar-refractivity contribution < 1.29 is 0 Å². The van der Waals surface area contributed by atoms with Gasteiger partial charge in [-0.25, -0.2) is 0 Å². The predicted molar refractivity (Wildman–Crippen MR) is 133 cm³/mol. The average Bonchev–Trinajstić information content (AvgIpc) is 2.98. The van der Waals surface area contributed by atoms with Crippen LogP contribution in [0.3, 0.4) is 0 Å². The number of alkyl halides is 1. The Balaban J connectivity index is 1.69. The lowest BCUT2D eigenvalue weighted by Crippen LogP contribution is -2.49. The van der Waals surface area contributed by atoms with Gasteiger partial charge in [0, 0.05) is 40.5 Å². The molecule has 2 aromatic carbocycles. The fraction of sp³-hybridized carbons (Fsp3) is 0.440. The summed E-state index contributed by atoms with van der Waals surface area (Å²) in [5, 5.41) is -0.508. The topological polar surface area (TPSA) is 6.48 Å². The lowest BCUT2D eigenvalue weighted by molar-refractivity contribution is 0.0639. The third-order valence-electron chi connectivity index (χ3n) is 6.52. The molecular weight excluding hydrogens is 524 g/mol. The van der Waals surface area contributed by atoms with Gasteiger partial charge in [-0.2, -0.15) is 0 Å². The number of nitrogens with zero attached hydrogens (tertiary/aromatic N) is 2. The maximum Gasteiger partial charge on any atom is 0.156 e. The van der Waals surface area contributed by atoms with Crippen LogP contribution in [0.1, 0.15) is 50.2 Å². The number of benzene rings is 2. The van der Waals surface area contributed by atoms with E-state index in [1.165, 1.54) is 36.8 Å². The maximum atomic E-state index is 7.60. The van der Waals surface area contributed by atoms with Gasteiger partial charge < -0.3 is 0 Å². The van der Waals surface area contributed by atoms with Crippen molar-refractivity contribution in [3.63, 3.8) is 0 Å². The third-order valence-corrected chi connectivity index (χ3v) is 8.17. The lowest BCUT2D eigenvalue weighted by Gasteiger charge is -2.40. The van der Waals surface area contributed by atoms with Crippen molar-refractivity contribution in [3.8, 4) is 0 Å². The molecule has 0 amide bonds. The molecule has 1 aliphatic heterocycles. The summed E-state index contributed by atoms with van der Waals surface area (Å²) >= 11 is 14.7. The summed E-state index contributed by atoms with van der Waals surface area (Å²) in [7, 11) is 0. The van der Waals surface area contributed by atoms with Gasteiger partial charge in [-0.1, -0.05) is 92.7 Å². The second kappa shape index (κ2) is 9.87. The Morgan fingerprint density at radius 3 is 1.70 bits per heavy atom. The van der Waals surface area contributed by atoms with E-state index < -0.39 is 5.12 Å². The first-order valence-electron chi connectivity index (χ1n) is 10.8. The predicted octanol–water partition coefficient (Wildman–Crippen LogP) is 7.70. The van der Waals surface area contributed by atoms with E-state index in [0.29, 0.717) is 12.1 Å². The number of rotatable bonds is 6. The minimum absolute atomic E-state index is 0.501. The van der Waals surface area contributed by atoms with Crippen LogP contribution in [-0.4, -0.2) is 27.0 Å². The summed E-state index contributed by atoms with van der Waals surface area (Å²) in [6, 6.07) is 18.4.